The van der Waals surface area contributed by atoms with Crippen LogP contribution in [0.25, 0.3) is 0 Å². The fourth-order valence-electron chi connectivity index (χ4n) is 2.43. The molecular weight excluding hydrogens is 285 g/mol. The molecule has 1 fully saturated rings. The molecule has 1 aromatic rings. The van der Waals surface area contributed by atoms with Crippen molar-refractivity contribution in [3.63, 3.8) is 0 Å². The normalized spacial score (nSPS) is 18.2. The van der Waals surface area contributed by atoms with E-state index in [0.29, 0.717) is 10.8 Å². The second kappa shape index (κ2) is 6.49. The van der Waals surface area contributed by atoms with Crippen molar-refractivity contribution in [3.05, 3.63) is 23.2 Å². The van der Waals surface area contributed by atoms with Gasteiger partial charge in [-0.2, -0.15) is 0 Å². The maximum atomic E-state index is 10.7. The van der Waals surface area contributed by atoms with Crippen molar-refractivity contribution >= 4 is 35.2 Å². The largest absolute Gasteiger partial charge is 0.495 e. The third-order valence-corrected chi connectivity index (χ3v) is 4.39. The fourth-order valence-corrected chi connectivity index (χ4v) is 2.88. The van der Waals surface area contributed by atoms with Gasteiger partial charge in [0.1, 0.15) is 12.0 Å². The SMILES string of the molecule is COc1cc(N2CCC(C(Cl)C=O)CC2)ccc1Cl. The van der Waals surface area contributed by atoms with E-state index < -0.39 is 0 Å². The fraction of sp³-hybridized carbons (Fsp3) is 0.500. The first-order chi connectivity index (χ1) is 9.15. The first-order valence-electron chi connectivity index (χ1n) is 6.33. The Balaban J connectivity index is 2.03. The highest BCUT2D eigenvalue weighted by molar-refractivity contribution is 6.32. The molecule has 19 heavy (non-hydrogen) atoms. The molecule has 2 rings (SSSR count). The smallest absolute Gasteiger partial charge is 0.139 e. The molecule has 0 radical (unpaired) electrons. The van der Waals surface area contributed by atoms with Crippen LogP contribution in [-0.4, -0.2) is 31.9 Å². The van der Waals surface area contributed by atoms with E-state index in [1.165, 1.54) is 0 Å². The quantitative estimate of drug-likeness (QED) is 0.631. The zero-order valence-corrected chi connectivity index (χ0v) is 12.3. The number of aldehydes is 1. The van der Waals surface area contributed by atoms with Crippen LogP contribution >= 0.6 is 23.2 Å². The van der Waals surface area contributed by atoms with E-state index in [1.807, 2.05) is 18.2 Å². The highest BCUT2D eigenvalue weighted by Crippen LogP contribution is 2.32. The lowest BCUT2D eigenvalue weighted by atomic mass is 9.93. The van der Waals surface area contributed by atoms with Gasteiger partial charge in [0.15, 0.2) is 0 Å². The molecule has 1 saturated heterocycles. The van der Waals surface area contributed by atoms with Crippen molar-refractivity contribution < 1.29 is 9.53 Å². The average molecular weight is 302 g/mol. The Hall–Kier alpha value is -0.930. The molecule has 1 unspecified atom stereocenters. The van der Waals surface area contributed by atoms with Crippen molar-refractivity contribution in [2.45, 2.75) is 18.2 Å². The highest BCUT2D eigenvalue weighted by Gasteiger charge is 2.25. The lowest BCUT2D eigenvalue weighted by Gasteiger charge is -2.34. The number of carbonyl (C=O) groups excluding carboxylic acids is 1. The molecule has 0 saturated carbocycles. The number of carbonyl (C=O) groups is 1. The Morgan fingerprint density at radius 2 is 2.11 bits per heavy atom. The second-order valence-electron chi connectivity index (χ2n) is 4.72. The van der Waals surface area contributed by atoms with Crippen molar-refractivity contribution in [1.29, 1.82) is 0 Å². The minimum atomic E-state index is -0.359. The van der Waals surface area contributed by atoms with Crippen LogP contribution in [0.2, 0.25) is 5.02 Å². The third kappa shape index (κ3) is 3.34. The summed E-state index contributed by atoms with van der Waals surface area (Å²) in [6.07, 6.45) is 2.70. The number of anilines is 1. The Bertz CT molecular complexity index is 445. The van der Waals surface area contributed by atoms with Crippen molar-refractivity contribution in [1.82, 2.24) is 0 Å². The summed E-state index contributed by atoms with van der Waals surface area (Å²) in [6.45, 7) is 1.79. The minimum Gasteiger partial charge on any atom is -0.495 e. The van der Waals surface area contributed by atoms with Gasteiger partial charge in [-0.25, -0.2) is 0 Å². The van der Waals surface area contributed by atoms with Gasteiger partial charge < -0.3 is 14.4 Å². The summed E-state index contributed by atoms with van der Waals surface area (Å²) in [4.78, 5) is 13.0. The van der Waals surface area contributed by atoms with Crippen LogP contribution in [0.15, 0.2) is 18.2 Å². The van der Waals surface area contributed by atoms with Gasteiger partial charge in [0, 0.05) is 24.8 Å². The van der Waals surface area contributed by atoms with E-state index in [2.05, 4.69) is 4.90 Å². The number of hydrogen-bond acceptors (Lipinski definition) is 3. The molecule has 0 aliphatic carbocycles. The summed E-state index contributed by atoms with van der Waals surface area (Å²) >= 11 is 12.0. The lowest BCUT2D eigenvalue weighted by molar-refractivity contribution is -0.108. The predicted molar refractivity (Wildman–Crippen MR) is 78.6 cm³/mol. The number of benzene rings is 1. The van der Waals surface area contributed by atoms with Gasteiger partial charge in [-0.05, 0) is 30.9 Å². The van der Waals surface area contributed by atoms with Crippen LogP contribution < -0.4 is 9.64 Å². The summed E-state index contributed by atoms with van der Waals surface area (Å²) in [5, 5.41) is 0.254. The Labute approximate surface area is 123 Å². The maximum Gasteiger partial charge on any atom is 0.139 e. The maximum absolute atomic E-state index is 10.7. The topological polar surface area (TPSA) is 29.5 Å². The summed E-state index contributed by atoms with van der Waals surface area (Å²) in [5.41, 5.74) is 1.09. The van der Waals surface area contributed by atoms with E-state index in [0.717, 1.165) is 37.9 Å². The van der Waals surface area contributed by atoms with E-state index in [9.17, 15) is 4.79 Å². The Morgan fingerprint density at radius 1 is 1.42 bits per heavy atom. The molecule has 0 spiro atoms. The van der Waals surface area contributed by atoms with E-state index in [4.69, 9.17) is 27.9 Å². The van der Waals surface area contributed by atoms with Crippen LogP contribution in [0, 0.1) is 5.92 Å². The van der Waals surface area contributed by atoms with E-state index in [-0.39, 0.29) is 11.3 Å². The molecule has 104 valence electrons. The van der Waals surface area contributed by atoms with Crippen LogP contribution in [0.3, 0.4) is 0 Å². The second-order valence-corrected chi connectivity index (χ2v) is 5.63. The van der Waals surface area contributed by atoms with Crippen LogP contribution in [0.1, 0.15) is 12.8 Å². The number of alkyl halides is 1. The average Bonchev–Trinajstić information content (AvgIpc) is 2.47. The lowest BCUT2D eigenvalue weighted by Crippen LogP contribution is -2.36. The molecule has 1 aliphatic heterocycles. The van der Waals surface area contributed by atoms with Gasteiger partial charge in [0.2, 0.25) is 0 Å². The molecule has 1 heterocycles. The van der Waals surface area contributed by atoms with Crippen LogP contribution in [-0.2, 0) is 4.79 Å². The molecule has 3 nitrogen and oxygen atoms in total. The van der Waals surface area contributed by atoms with Gasteiger partial charge in [0.05, 0.1) is 17.5 Å². The van der Waals surface area contributed by atoms with Crippen molar-refractivity contribution in [3.8, 4) is 5.75 Å². The Morgan fingerprint density at radius 3 is 2.68 bits per heavy atom. The van der Waals surface area contributed by atoms with Gasteiger partial charge in [-0.3, -0.25) is 0 Å². The van der Waals surface area contributed by atoms with Gasteiger partial charge >= 0.3 is 0 Å². The molecule has 0 bridgehead atoms. The van der Waals surface area contributed by atoms with Gasteiger partial charge in [-0.1, -0.05) is 11.6 Å². The molecule has 0 aromatic heterocycles. The molecule has 5 heteroatoms. The molecule has 0 amide bonds. The summed E-state index contributed by atoms with van der Waals surface area (Å²) in [7, 11) is 1.61. The summed E-state index contributed by atoms with van der Waals surface area (Å²) < 4.78 is 5.23. The number of nitrogens with zero attached hydrogens (tertiary/aromatic N) is 1. The number of ether oxygens (including phenoxy) is 1. The molecule has 0 N–H and O–H groups in total. The number of piperidine rings is 1. The third-order valence-electron chi connectivity index (χ3n) is 3.62. The molecular formula is C14H17Cl2NO2. The Kier molecular flexibility index (Phi) is 4.94. The van der Waals surface area contributed by atoms with Gasteiger partial charge in [0.25, 0.3) is 0 Å². The number of halogens is 2. The van der Waals surface area contributed by atoms with Crippen LogP contribution in [0.5, 0.6) is 5.75 Å². The monoisotopic (exact) mass is 301 g/mol. The van der Waals surface area contributed by atoms with E-state index in [1.54, 1.807) is 7.11 Å². The first kappa shape index (κ1) is 14.5. The number of methoxy groups -OCH3 is 1. The molecule has 1 aliphatic rings. The molecule has 1 aromatic carbocycles. The van der Waals surface area contributed by atoms with Crippen LogP contribution in [0.4, 0.5) is 5.69 Å². The standard InChI is InChI=1S/C14H17Cl2NO2/c1-19-14-8-11(2-3-12(14)15)17-6-4-10(5-7-17)13(16)9-18/h2-3,8-10,13H,4-7H2,1H3. The number of hydrogen-bond donors (Lipinski definition) is 0. The summed E-state index contributed by atoms with van der Waals surface area (Å²) in [6, 6.07) is 5.78. The van der Waals surface area contributed by atoms with E-state index >= 15 is 0 Å². The zero-order chi connectivity index (χ0) is 13.8. The minimum absolute atomic E-state index is 0.282. The molecule has 1 atom stereocenters. The number of rotatable bonds is 4. The predicted octanol–water partition coefficient (Wildman–Crippen LogP) is 3.37. The zero-order valence-electron chi connectivity index (χ0n) is 10.8. The van der Waals surface area contributed by atoms with Crippen molar-refractivity contribution in [2.24, 2.45) is 5.92 Å². The van der Waals surface area contributed by atoms with Gasteiger partial charge in [-0.15, -0.1) is 11.6 Å². The summed E-state index contributed by atoms with van der Waals surface area (Å²) in [5.74, 6) is 0.967. The highest BCUT2D eigenvalue weighted by atomic mass is 35.5. The van der Waals surface area contributed by atoms with Crippen molar-refractivity contribution in [2.75, 3.05) is 25.1 Å². The first-order valence-corrected chi connectivity index (χ1v) is 7.15.